The predicted octanol–water partition coefficient (Wildman–Crippen LogP) is 3.14. The first kappa shape index (κ1) is 12.4. The molecule has 0 spiro atoms. The van der Waals surface area contributed by atoms with Crippen molar-refractivity contribution in [2.24, 2.45) is 5.92 Å². The minimum Gasteiger partial charge on any atom is -0.475 e. The molecule has 0 unspecified atom stereocenters. The van der Waals surface area contributed by atoms with E-state index in [1.165, 1.54) is 6.26 Å². The van der Waals surface area contributed by atoms with Crippen molar-refractivity contribution in [2.75, 3.05) is 0 Å². The van der Waals surface area contributed by atoms with Crippen LogP contribution in [-0.2, 0) is 6.42 Å². The molecule has 5 nitrogen and oxygen atoms in total. The van der Waals surface area contributed by atoms with E-state index in [2.05, 4.69) is 4.98 Å². The van der Waals surface area contributed by atoms with E-state index in [-0.39, 0.29) is 11.7 Å². The molecule has 2 rings (SSSR count). The highest BCUT2D eigenvalue weighted by Gasteiger charge is 2.23. The molecule has 0 fully saturated rings. The SMILES string of the molecule is Cc1ccoc1-c1nc(CC(C)C)c(C(=O)O)o1. The van der Waals surface area contributed by atoms with Gasteiger partial charge in [-0.3, -0.25) is 0 Å². The number of nitrogens with zero attached hydrogens (tertiary/aromatic N) is 1. The van der Waals surface area contributed by atoms with Crippen molar-refractivity contribution >= 4 is 5.97 Å². The highest BCUT2D eigenvalue weighted by Crippen LogP contribution is 2.27. The molecule has 0 bridgehead atoms. The van der Waals surface area contributed by atoms with Gasteiger partial charge in [0.05, 0.1) is 12.0 Å². The van der Waals surface area contributed by atoms with Gasteiger partial charge >= 0.3 is 5.97 Å². The fourth-order valence-electron chi connectivity index (χ4n) is 1.73. The summed E-state index contributed by atoms with van der Waals surface area (Å²) in [6.07, 6.45) is 2.09. The lowest BCUT2D eigenvalue weighted by Gasteiger charge is -1.99. The summed E-state index contributed by atoms with van der Waals surface area (Å²) in [7, 11) is 0. The lowest BCUT2D eigenvalue weighted by molar-refractivity contribution is 0.0661. The molecule has 5 heteroatoms. The fraction of sp³-hybridized carbons (Fsp3) is 0.385. The second-order valence-corrected chi connectivity index (χ2v) is 4.63. The minimum atomic E-state index is -1.10. The van der Waals surface area contributed by atoms with Crippen LogP contribution in [0.5, 0.6) is 0 Å². The second kappa shape index (κ2) is 4.68. The van der Waals surface area contributed by atoms with Crippen LogP contribution in [0.15, 0.2) is 21.2 Å². The number of aromatic nitrogens is 1. The Bertz CT molecular complexity index is 565. The molecule has 2 aromatic heterocycles. The van der Waals surface area contributed by atoms with Crippen molar-refractivity contribution in [3.05, 3.63) is 29.3 Å². The summed E-state index contributed by atoms with van der Waals surface area (Å²) >= 11 is 0. The van der Waals surface area contributed by atoms with Crippen LogP contribution in [0, 0.1) is 12.8 Å². The molecule has 2 aromatic rings. The Balaban J connectivity index is 2.45. The van der Waals surface area contributed by atoms with Gasteiger partial charge in [-0.25, -0.2) is 9.78 Å². The van der Waals surface area contributed by atoms with Gasteiger partial charge < -0.3 is 13.9 Å². The summed E-state index contributed by atoms with van der Waals surface area (Å²) in [4.78, 5) is 15.3. The van der Waals surface area contributed by atoms with Gasteiger partial charge in [0.25, 0.3) is 5.89 Å². The Morgan fingerprint density at radius 3 is 2.72 bits per heavy atom. The van der Waals surface area contributed by atoms with Gasteiger partial charge in [-0.1, -0.05) is 13.8 Å². The lowest BCUT2D eigenvalue weighted by atomic mass is 10.1. The van der Waals surface area contributed by atoms with E-state index in [1.807, 2.05) is 20.8 Å². The highest BCUT2D eigenvalue weighted by atomic mass is 16.4. The van der Waals surface area contributed by atoms with Crippen molar-refractivity contribution in [2.45, 2.75) is 27.2 Å². The molecule has 1 N–H and O–H groups in total. The van der Waals surface area contributed by atoms with Gasteiger partial charge in [0.15, 0.2) is 5.76 Å². The van der Waals surface area contributed by atoms with Gasteiger partial charge in [-0.2, -0.15) is 0 Å². The molecule has 0 aliphatic heterocycles. The number of furan rings is 1. The van der Waals surface area contributed by atoms with Crippen LogP contribution in [0.1, 0.15) is 35.7 Å². The number of hydrogen-bond acceptors (Lipinski definition) is 4. The standard InChI is InChI=1S/C13H15NO4/c1-7(2)6-9-11(13(15)16)18-12(14-9)10-8(3)4-5-17-10/h4-5,7H,6H2,1-3H3,(H,15,16). The Labute approximate surface area is 104 Å². The third kappa shape index (κ3) is 2.30. The number of hydrogen-bond donors (Lipinski definition) is 1. The topological polar surface area (TPSA) is 76.5 Å². The van der Waals surface area contributed by atoms with Crippen molar-refractivity contribution < 1.29 is 18.7 Å². The lowest BCUT2D eigenvalue weighted by Crippen LogP contribution is -2.03. The summed E-state index contributed by atoms with van der Waals surface area (Å²) in [5.41, 5.74) is 1.33. The number of carboxylic acid groups (broad SMARTS) is 1. The van der Waals surface area contributed by atoms with Crippen LogP contribution in [0.2, 0.25) is 0 Å². The first-order chi connectivity index (χ1) is 8.49. The van der Waals surface area contributed by atoms with E-state index in [1.54, 1.807) is 6.07 Å². The summed E-state index contributed by atoms with van der Waals surface area (Å²) in [6.45, 7) is 5.85. The van der Waals surface area contributed by atoms with Gasteiger partial charge in [-0.15, -0.1) is 0 Å². The Morgan fingerprint density at radius 1 is 1.50 bits per heavy atom. The molecule has 0 aliphatic rings. The van der Waals surface area contributed by atoms with E-state index in [9.17, 15) is 4.79 Å². The normalized spacial score (nSPS) is 11.1. The Morgan fingerprint density at radius 2 is 2.22 bits per heavy atom. The molecular formula is C13H15NO4. The van der Waals surface area contributed by atoms with Crippen LogP contribution < -0.4 is 0 Å². The van der Waals surface area contributed by atoms with Crippen LogP contribution in [0.4, 0.5) is 0 Å². The fourth-order valence-corrected chi connectivity index (χ4v) is 1.73. The third-order valence-corrected chi connectivity index (χ3v) is 2.55. The van der Waals surface area contributed by atoms with Gasteiger partial charge in [-0.05, 0) is 25.3 Å². The van der Waals surface area contributed by atoms with Crippen molar-refractivity contribution in [3.63, 3.8) is 0 Å². The summed E-state index contributed by atoms with van der Waals surface area (Å²) < 4.78 is 10.6. The number of aromatic carboxylic acids is 1. The highest BCUT2D eigenvalue weighted by molar-refractivity contribution is 5.86. The van der Waals surface area contributed by atoms with Gasteiger partial charge in [0, 0.05) is 5.56 Å². The molecule has 0 atom stereocenters. The van der Waals surface area contributed by atoms with Gasteiger partial charge in [0.2, 0.25) is 5.76 Å². The quantitative estimate of drug-likeness (QED) is 0.900. The Kier molecular flexibility index (Phi) is 3.23. The van der Waals surface area contributed by atoms with Crippen LogP contribution in [0.3, 0.4) is 0 Å². The monoisotopic (exact) mass is 249 g/mol. The van der Waals surface area contributed by atoms with Crippen LogP contribution in [-0.4, -0.2) is 16.1 Å². The van der Waals surface area contributed by atoms with E-state index in [0.717, 1.165) is 5.56 Å². The molecule has 0 radical (unpaired) electrons. The molecule has 2 heterocycles. The van der Waals surface area contributed by atoms with E-state index in [0.29, 0.717) is 23.8 Å². The number of aryl methyl sites for hydroxylation is 1. The van der Waals surface area contributed by atoms with Crippen molar-refractivity contribution in [3.8, 4) is 11.7 Å². The van der Waals surface area contributed by atoms with Crippen LogP contribution in [0.25, 0.3) is 11.7 Å². The largest absolute Gasteiger partial charge is 0.475 e. The molecule has 0 aromatic carbocycles. The van der Waals surface area contributed by atoms with E-state index >= 15 is 0 Å². The number of oxazole rings is 1. The zero-order valence-electron chi connectivity index (χ0n) is 10.6. The smallest absolute Gasteiger partial charge is 0.373 e. The molecule has 18 heavy (non-hydrogen) atoms. The maximum Gasteiger partial charge on any atom is 0.373 e. The first-order valence-corrected chi connectivity index (χ1v) is 5.76. The van der Waals surface area contributed by atoms with Crippen molar-refractivity contribution in [1.29, 1.82) is 0 Å². The average Bonchev–Trinajstić information content (AvgIpc) is 2.83. The van der Waals surface area contributed by atoms with E-state index < -0.39 is 5.97 Å². The van der Waals surface area contributed by atoms with E-state index in [4.69, 9.17) is 13.9 Å². The van der Waals surface area contributed by atoms with Crippen LogP contribution >= 0.6 is 0 Å². The maximum absolute atomic E-state index is 11.1. The molecule has 0 saturated heterocycles. The number of rotatable bonds is 4. The minimum absolute atomic E-state index is 0.102. The predicted molar refractivity (Wildman–Crippen MR) is 64.4 cm³/mol. The molecule has 0 amide bonds. The molecule has 0 aliphatic carbocycles. The zero-order valence-corrected chi connectivity index (χ0v) is 10.6. The second-order valence-electron chi connectivity index (χ2n) is 4.63. The molecule has 96 valence electrons. The summed E-state index contributed by atoms with van der Waals surface area (Å²) in [5, 5.41) is 9.09. The van der Waals surface area contributed by atoms with Crippen molar-refractivity contribution in [1.82, 2.24) is 4.98 Å². The molecular weight excluding hydrogens is 234 g/mol. The summed E-state index contributed by atoms with van der Waals surface area (Å²) in [6, 6.07) is 1.78. The Hall–Kier alpha value is -2.04. The third-order valence-electron chi connectivity index (χ3n) is 2.55. The molecule has 0 saturated carbocycles. The number of carboxylic acids is 1. The zero-order chi connectivity index (χ0) is 13.3. The maximum atomic E-state index is 11.1. The first-order valence-electron chi connectivity index (χ1n) is 5.76. The average molecular weight is 249 g/mol. The number of carbonyl (C=O) groups is 1. The van der Waals surface area contributed by atoms with Gasteiger partial charge in [0.1, 0.15) is 0 Å². The summed E-state index contributed by atoms with van der Waals surface area (Å²) in [5.74, 6) is -0.195.